The number of piperidine rings is 1. The van der Waals surface area contributed by atoms with Crippen LogP contribution < -0.4 is 9.64 Å². The SMILES string of the molecule is COC(=O)N1c2c(OC)cccc2[C@@]23CCN4[C@@H]5C[C@H](O)[C@]6(CC[C@]12[C@](O)(C(=O)OC)C6O5)[C@H]43. The lowest BCUT2D eigenvalue weighted by atomic mass is 9.35. The van der Waals surface area contributed by atoms with Crippen molar-refractivity contribution >= 4 is 17.7 Å². The number of hydrogen-bond donors (Lipinski definition) is 2. The van der Waals surface area contributed by atoms with Crippen LogP contribution in [0.15, 0.2) is 18.2 Å². The fraction of sp³-hybridized carbons (Fsp3) is 0.667. The lowest BCUT2D eigenvalue weighted by molar-refractivity contribution is -0.389. The number of fused-ring (bicyclic) bond motifs is 3. The van der Waals surface area contributed by atoms with Crippen molar-refractivity contribution < 1.29 is 38.7 Å². The number of para-hydroxylation sites is 1. The number of anilines is 1. The first kappa shape index (κ1) is 20.9. The van der Waals surface area contributed by atoms with Gasteiger partial charge in [0.2, 0.25) is 5.60 Å². The quantitative estimate of drug-likeness (QED) is 0.594. The van der Waals surface area contributed by atoms with Crippen LogP contribution in [-0.4, -0.2) is 90.7 Å². The minimum atomic E-state index is -2.23. The number of hydrogen-bond acceptors (Lipinski definition) is 9. The largest absolute Gasteiger partial charge is 0.495 e. The summed E-state index contributed by atoms with van der Waals surface area (Å²) in [7, 11) is 4.04. The number of rotatable bonds is 2. The Bertz CT molecular complexity index is 1140. The van der Waals surface area contributed by atoms with Crippen molar-refractivity contribution in [3.8, 4) is 5.75 Å². The van der Waals surface area contributed by atoms with E-state index in [-0.39, 0.29) is 12.5 Å². The third kappa shape index (κ3) is 1.66. The van der Waals surface area contributed by atoms with Crippen LogP contribution in [0.2, 0.25) is 0 Å². The van der Waals surface area contributed by atoms with Gasteiger partial charge in [0.05, 0.1) is 33.1 Å². The topological polar surface area (TPSA) is 118 Å². The molecule has 1 aromatic carbocycles. The number of aliphatic hydroxyl groups is 2. The minimum Gasteiger partial charge on any atom is -0.495 e. The summed E-state index contributed by atoms with van der Waals surface area (Å²) < 4.78 is 22.6. The number of carbonyl (C=O) groups excluding carboxylic acids is 2. The summed E-state index contributed by atoms with van der Waals surface area (Å²) in [5.41, 5.74) is -4.09. The van der Waals surface area contributed by atoms with E-state index >= 15 is 0 Å². The lowest BCUT2D eigenvalue weighted by Crippen LogP contribution is -2.95. The molecule has 5 aliphatic heterocycles. The van der Waals surface area contributed by atoms with E-state index in [1.165, 1.54) is 26.2 Å². The molecule has 8 atom stereocenters. The molecular formula is C24H28N2O8. The van der Waals surface area contributed by atoms with Crippen molar-refractivity contribution in [2.45, 2.75) is 66.7 Å². The molecule has 9 rings (SSSR count). The van der Waals surface area contributed by atoms with Crippen LogP contribution in [0, 0.1) is 5.41 Å². The number of nitrogens with zero attached hydrogens (tertiary/aromatic N) is 2. The van der Waals surface area contributed by atoms with E-state index in [1.807, 2.05) is 12.1 Å². The highest BCUT2D eigenvalue weighted by atomic mass is 16.6. The Morgan fingerprint density at radius 3 is 2.65 bits per heavy atom. The highest BCUT2D eigenvalue weighted by Crippen LogP contribution is 2.80. The van der Waals surface area contributed by atoms with Crippen LogP contribution in [0.4, 0.5) is 10.5 Å². The van der Waals surface area contributed by atoms with Gasteiger partial charge in [-0.2, -0.15) is 0 Å². The molecule has 0 aromatic heterocycles. The van der Waals surface area contributed by atoms with Crippen molar-refractivity contribution in [1.29, 1.82) is 0 Å². The zero-order chi connectivity index (χ0) is 23.8. The standard InChI is InChI=1S/C24H28N2O8/c1-31-13-6-4-5-12-16(13)26(20(29)33-3)23-8-7-21-14(27)11-15(25-10-9-22(12,23)17(21)25)34-18(21)24(23,30)19(28)32-2/h4-6,14-15,17-18,27,30H,7-11H2,1-3H3/t14-,15-,17-,18?,21+,22+,23-,24+/m0/s1. The third-order valence-corrected chi connectivity index (χ3v) is 10.1. The lowest BCUT2D eigenvalue weighted by Gasteiger charge is -2.78. The Balaban J connectivity index is 1.65. The Morgan fingerprint density at radius 2 is 1.94 bits per heavy atom. The molecule has 3 aliphatic carbocycles. The van der Waals surface area contributed by atoms with Gasteiger partial charge in [0.15, 0.2) is 0 Å². The van der Waals surface area contributed by atoms with Gasteiger partial charge < -0.3 is 29.2 Å². The summed E-state index contributed by atoms with van der Waals surface area (Å²) in [5.74, 6) is -0.415. The molecule has 34 heavy (non-hydrogen) atoms. The van der Waals surface area contributed by atoms with Gasteiger partial charge in [-0.3, -0.25) is 9.80 Å². The molecule has 2 N–H and O–H groups in total. The van der Waals surface area contributed by atoms with Crippen LogP contribution in [0.5, 0.6) is 5.75 Å². The normalized spacial score (nSPS) is 46.8. The van der Waals surface area contributed by atoms with Crippen molar-refractivity contribution in [2.24, 2.45) is 5.41 Å². The number of benzene rings is 1. The molecule has 10 nitrogen and oxygen atoms in total. The van der Waals surface area contributed by atoms with Gasteiger partial charge in [-0.15, -0.1) is 0 Å². The van der Waals surface area contributed by atoms with Gasteiger partial charge in [0.25, 0.3) is 0 Å². The molecular weight excluding hydrogens is 444 g/mol. The average Bonchev–Trinajstić information content (AvgIpc) is 3.41. The van der Waals surface area contributed by atoms with Gasteiger partial charge in [-0.25, -0.2) is 9.59 Å². The molecule has 8 aliphatic rings. The van der Waals surface area contributed by atoms with E-state index in [0.717, 1.165) is 5.56 Å². The molecule has 3 spiro atoms. The molecule has 10 heteroatoms. The van der Waals surface area contributed by atoms with E-state index in [1.54, 1.807) is 6.07 Å². The summed E-state index contributed by atoms with van der Waals surface area (Å²) in [6, 6.07) is 5.35. The van der Waals surface area contributed by atoms with Crippen LogP contribution in [-0.2, 0) is 24.4 Å². The number of amides is 1. The summed E-state index contributed by atoms with van der Waals surface area (Å²) in [5, 5.41) is 24.2. The molecule has 5 heterocycles. The molecule has 5 bridgehead atoms. The summed E-state index contributed by atoms with van der Waals surface area (Å²) in [4.78, 5) is 31.0. The molecule has 1 aromatic rings. The fourth-order valence-corrected chi connectivity index (χ4v) is 9.34. The number of methoxy groups -OCH3 is 3. The second kappa shape index (κ2) is 6.04. The number of aliphatic hydroxyl groups excluding tert-OH is 1. The van der Waals surface area contributed by atoms with Gasteiger partial charge >= 0.3 is 12.1 Å². The summed E-state index contributed by atoms with van der Waals surface area (Å²) >= 11 is 0. The van der Waals surface area contributed by atoms with Crippen LogP contribution >= 0.6 is 0 Å². The van der Waals surface area contributed by atoms with E-state index in [0.29, 0.717) is 37.2 Å². The molecule has 182 valence electrons. The van der Waals surface area contributed by atoms with Gasteiger partial charge in [-0.1, -0.05) is 12.1 Å². The van der Waals surface area contributed by atoms with Crippen LogP contribution in [0.3, 0.4) is 0 Å². The highest BCUT2D eigenvalue weighted by Gasteiger charge is 2.93. The van der Waals surface area contributed by atoms with Crippen molar-refractivity contribution in [1.82, 2.24) is 4.90 Å². The first-order valence-corrected chi connectivity index (χ1v) is 11.8. The summed E-state index contributed by atoms with van der Waals surface area (Å²) in [6.45, 7) is 0.654. The molecule has 0 radical (unpaired) electrons. The maximum atomic E-state index is 13.7. The Labute approximate surface area is 196 Å². The molecule has 7 fully saturated rings. The van der Waals surface area contributed by atoms with Crippen molar-refractivity contribution in [2.75, 3.05) is 32.8 Å². The van der Waals surface area contributed by atoms with E-state index in [4.69, 9.17) is 18.9 Å². The van der Waals surface area contributed by atoms with Crippen molar-refractivity contribution in [3.05, 3.63) is 23.8 Å². The predicted octanol–water partition coefficient (Wildman–Crippen LogP) is 0.520. The minimum absolute atomic E-state index is 0.230. The van der Waals surface area contributed by atoms with Crippen molar-refractivity contribution in [3.63, 3.8) is 0 Å². The van der Waals surface area contributed by atoms with Gasteiger partial charge in [0.1, 0.15) is 23.6 Å². The zero-order valence-corrected chi connectivity index (χ0v) is 19.3. The Morgan fingerprint density at radius 1 is 1.15 bits per heavy atom. The maximum absolute atomic E-state index is 13.7. The molecule has 4 saturated heterocycles. The monoisotopic (exact) mass is 472 g/mol. The Hall–Kier alpha value is -2.40. The number of carbonyl (C=O) groups is 2. The van der Waals surface area contributed by atoms with E-state index < -0.39 is 52.5 Å². The van der Waals surface area contributed by atoms with E-state index in [2.05, 4.69) is 4.90 Å². The smallest absolute Gasteiger partial charge is 0.414 e. The fourth-order valence-electron chi connectivity index (χ4n) is 9.34. The third-order valence-electron chi connectivity index (χ3n) is 10.1. The second-order valence-electron chi connectivity index (χ2n) is 10.5. The highest BCUT2D eigenvalue weighted by molar-refractivity contribution is 6.01. The predicted molar refractivity (Wildman–Crippen MR) is 115 cm³/mol. The zero-order valence-electron chi connectivity index (χ0n) is 19.3. The van der Waals surface area contributed by atoms with Crippen LogP contribution in [0.1, 0.15) is 31.2 Å². The maximum Gasteiger partial charge on any atom is 0.414 e. The second-order valence-corrected chi connectivity index (χ2v) is 10.5. The Kier molecular flexibility index (Phi) is 3.72. The first-order valence-electron chi connectivity index (χ1n) is 11.8. The van der Waals surface area contributed by atoms with Crippen LogP contribution in [0.25, 0.3) is 0 Å². The number of ether oxygens (including phenoxy) is 4. The van der Waals surface area contributed by atoms with Gasteiger partial charge in [-0.05, 0) is 30.9 Å². The molecule has 3 saturated carbocycles. The molecule has 1 amide bonds. The summed E-state index contributed by atoms with van der Waals surface area (Å²) in [6.07, 6.45) is -1.16. The number of esters is 1. The average molecular weight is 472 g/mol. The molecule has 1 unspecified atom stereocenters. The first-order chi connectivity index (χ1) is 16.3. The van der Waals surface area contributed by atoms with Gasteiger partial charge in [0, 0.05) is 29.8 Å². The van der Waals surface area contributed by atoms with E-state index in [9.17, 15) is 19.8 Å².